The quantitative estimate of drug-likeness (QED) is 0.941. The van der Waals surface area contributed by atoms with Gasteiger partial charge in [0.25, 0.3) is 5.92 Å². The average molecular weight is 306 g/mol. The summed E-state index contributed by atoms with van der Waals surface area (Å²) in [5, 5.41) is 0. The summed E-state index contributed by atoms with van der Waals surface area (Å²) in [6.45, 7) is -0.292. The predicted octanol–water partition coefficient (Wildman–Crippen LogP) is 1.82. The largest absolute Gasteiger partial charge is 0.369 e. The third kappa shape index (κ3) is 2.93. The molecule has 0 bridgehead atoms. The SMILES string of the molecule is NC(=O)C1CN(c2cn(-c3ccccc3)cn2)CC(F)(F)C1. The van der Waals surface area contributed by atoms with Crippen molar-refractivity contribution in [3.05, 3.63) is 42.9 Å². The van der Waals surface area contributed by atoms with Crippen LogP contribution in [0.2, 0.25) is 0 Å². The summed E-state index contributed by atoms with van der Waals surface area (Å²) in [4.78, 5) is 16.9. The van der Waals surface area contributed by atoms with E-state index >= 15 is 0 Å². The minimum Gasteiger partial charge on any atom is -0.369 e. The second kappa shape index (κ2) is 5.40. The van der Waals surface area contributed by atoms with E-state index in [9.17, 15) is 13.6 Å². The molecule has 1 aliphatic rings. The number of anilines is 1. The van der Waals surface area contributed by atoms with E-state index in [0.717, 1.165) is 5.69 Å². The van der Waals surface area contributed by atoms with Crippen molar-refractivity contribution in [1.82, 2.24) is 9.55 Å². The van der Waals surface area contributed by atoms with Gasteiger partial charge in [-0.25, -0.2) is 13.8 Å². The van der Waals surface area contributed by atoms with Crippen molar-refractivity contribution < 1.29 is 13.6 Å². The van der Waals surface area contributed by atoms with Crippen molar-refractivity contribution >= 4 is 11.7 Å². The molecule has 1 unspecified atom stereocenters. The maximum Gasteiger partial charge on any atom is 0.266 e. The second-order valence-corrected chi connectivity index (χ2v) is 5.51. The van der Waals surface area contributed by atoms with Gasteiger partial charge in [-0.05, 0) is 12.1 Å². The monoisotopic (exact) mass is 306 g/mol. The molecule has 2 heterocycles. The van der Waals surface area contributed by atoms with Gasteiger partial charge in [0.1, 0.15) is 12.1 Å². The van der Waals surface area contributed by atoms with Crippen LogP contribution in [0.3, 0.4) is 0 Å². The van der Waals surface area contributed by atoms with Gasteiger partial charge in [0.2, 0.25) is 5.91 Å². The van der Waals surface area contributed by atoms with Crippen LogP contribution in [0.4, 0.5) is 14.6 Å². The Morgan fingerprint density at radius 2 is 2.05 bits per heavy atom. The topological polar surface area (TPSA) is 64.2 Å². The highest BCUT2D eigenvalue weighted by atomic mass is 19.3. The zero-order chi connectivity index (χ0) is 15.7. The number of halogens is 2. The standard InChI is InChI=1S/C15H16F2N4O/c16-15(17)6-11(14(18)22)7-20(9-15)13-8-21(10-19-13)12-4-2-1-3-5-12/h1-5,8,10-11H,6-7,9H2,(H2,18,22). The highest BCUT2D eigenvalue weighted by Crippen LogP contribution is 2.32. The minimum atomic E-state index is -2.95. The van der Waals surface area contributed by atoms with Gasteiger partial charge < -0.3 is 15.2 Å². The first-order valence-corrected chi connectivity index (χ1v) is 6.96. The Labute approximate surface area is 126 Å². The van der Waals surface area contributed by atoms with Crippen molar-refractivity contribution in [2.24, 2.45) is 11.7 Å². The van der Waals surface area contributed by atoms with E-state index in [0.29, 0.717) is 5.82 Å². The van der Waals surface area contributed by atoms with E-state index in [2.05, 4.69) is 4.98 Å². The second-order valence-electron chi connectivity index (χ2n) is 5.51. The molecule has 2 aromatic rings. The summed E-state index contributed by atoms with van der Waals surface area (Å²) in [7, 11) is 0. The van der Waals surface area contributed by atoms with Crippen LogP contribution in [0.15, 0.2) is 42.9 Å². The Morgan fingerprint density at radius 1 is 1.32 bits per heavy atom. The number of amides is 1. The van der Waals surface area contributed by atoms with Crippen molar-refractivity contribution in [1.29, 1.82) is 0 Å². The van der Waals surface area contributed by atoms with Gasteiger partial charge in [-0.1, -0.05) is 18.2 Å². The lowest BCUT2D eigenvalue weighted by molar-refractivity contribution is -0.126. The number of nitrogens with zero attached hydrogens (tertiary/aromatic N) is 3. The third-order valence-corrected chi connectivity index (χ3v) is 3.76. The first-order chi connectivity index (χ1) is 10.4. The van der Waals surface area contributed by atoms with Gasteiger partial charge in [-0.3, -0.25) is 4.79 Å². The van der Waals surface area contributed by atoms with Gasteiger partial charge >= 0.3 is 0 Å². The maximum atomic E-state index is 13.8. The molecule has 0 radical (unpaired) electrons. The summed E-state index contributed by atoms with van der Waals surface area (Å²) in [5.74, 6) is -4.11. The number of carbonyl (C=O) groups is 1. The number of para-hydroxylation sites is 1. The number of imidazole rings is 1. The fraction of sp³-hybridized carbons (Fsp3) is 0.333. The molecule has 116 valence electrons. The molecule has 1 aliphatic heterocycles. The molecule has 1 aromatic carbocycles. The number of piperidine rings is 1. The Kier molecular flexibility index (Phi) is 3.56. The van der Waals surface area contributed by atoms with Crippen molar-refractivity contribution in [3.63, 3.8) is 0 Å². The molecule has 1 aromatic heterocycles. The normalized spacial score (nSPS) is 20.8. The third-order valence-electron chi connectivity index (χ3n) is 3.76. The molecule has 1 saturated heterocycles. The number of hydrogen-bond donors (Lipinski definition) is 1. The van der Waals surface area contributed by atoms with E-state index in [1.807, 2.05) is 30.3 Å². The van der Waals surface area contributed by atoms with Crippen LogP contribution in [0.5, 0.6) is 0 Å². The number of nitrogens with two attached hydrogens (primary N) is 1. The van der Waals surface area contributed by atoms with Crippen LogP contribution in [-0.4, -0.2) is 34.5 Å². The molecule has 3 rings (SSSR count). The molecule has 0 spiro atoms. The maximum absolute atomic E-state index is 13.8. The highest BCUT2D eigenvalue weighted by molar-refractivity contribution is 5.77. The minimum absolute atomic E-state index is 0.163. The zero-order valence-corrected chi connectivity index (χ0v) is 11.8. The van der Waals surface area contributed by atoms with Crippen molar-refractivity contribution in [2.45, 2.75) is 12.3 Å². The lowest BCUT2D eigenvalue weighted by atomic mass is 9.95. The Bertz CT molecular complexity index is 671. The fourth-order valence-corrected chi connectivity index (χ4v) is 2.68. The summed E-state index contributed by atoms with van der Waals surface area (Å²) >= 11 is 0. The Balaban J connectivity index is 1.84. The summed E-state index contributed by atoms with van der Waals surface area (Å²) < 4.78 is 29.3. The van der Waals surface area contributed by atoms with E-state index in [1.54, 1.807) is 17.1 Å². The summed E-state index contributed by atoms with van der Waals surface area (Å²) in [6, 6.07) is 9.44. The molecular formula is C15H16F2N4O. The van der Waals surface area contributed by atoms with E-state index in [4.69, 9.17) is 5.73 Å². The fourth-order valence-electron chi connectivity index (χ4n) is 2.68. The number of benzene rings is 1. The van der Waals surface area contributed by atoms with Crippen LogP contribution >= 0.6 is 0 Å². The van der Waals surface area contributed by atoms with Crippen molar-refractivity contribution in [2.75, 3.05) is 18.0 Å². The first kappa shape index (κ1) is 14.5. The van der Waals surface area contributed by atoms with Gasteiger partial charge in [-0.2, -0.15) is 0 Å². The highest BCUT2D eigenvalue weighted by Gasteiger charge is 2.42. The molecule has 0 aliphatic carbocycles. The number of alkyl halides is 2. The summed E-state index contributed by atoms with van der Waals surface area (Å²) in [6.07, 6.45) is 2.74. The smallest absolute Gasteiger partial charge is 0.266 e. The van der Waals surface area contributed by atoms with Crippen LogP contribution in [0.1, 0.15) is 6.42 Å². The Hall–Kier alpha value is -2.44. The van der Waals surface area contributed by atoms with Crippen molar-refractivity contribution in [3.8, 4) is 5.69 Å². The Morgan fingerprint density at radius 3 is 2.73 bits per heavy atom. The number of rotatable bonds is 3. The molecule has 5 nitrogen and oxygen atoms in total. The van der Waals surface area contributed by atoms with Crippen LogP contribution in [-0.2, 0) is 4.79 Å². The zero-order valence-electron chi connectivity index (χ0n) is 11.8. The van der Waals surface area contributed by atoms with Crippen LogP contribution in [0, 0.1) is 5.92 Å². The van der Waals surface area contributed by atoms with E-state index < -0.39 is 30.7 Å². The molecular weight excluding hydrogens is 290 g/mol. The van der Waals surface area contributed by atoms with Gasteiger partial charge in [-0.15, -0.1) is 0 Å². The number of aromatic nitrogens is 2. The van der Waals surface area contributed by atoms with E-state index in [-0.39, 0.29) is 6.54 Å². The van der Waals surface area contributed by atoms with Gasteiger partial charge in [0.15, 0.2) is 0 Å². The van der Waals surface area contributed by atoms with Crippen LogP contribution < -0.4 is 10.6 Å². The summed E-state index contributed by atoms with van der Waals surface area (Å²) in [5.41, 5.74) is 6.09. The van der Waals surface area contributed by atoms with Gasteiger partial charge in [0.05, 0.1) is 18.7 Å². The molecule has 1 amide bonds. The lowest BCUT2D eigenvalue weighted by Gasteiger charge is -2.36. The predicted molar refractivity (Wildman–Crippen MR) is 78.0 cm³/mol. The number of primary amides is 1. The molecule has 22 heavy (non-hydrogen) atoms. The number of carbonyl (C=O) groups excluding carboxylic acids is 1. The molecule has 7 heteroatoms. The molecule has 2 N–H and O–H groups in total. The average Bonchev–Trinajstić information content (AvgIpc) is 2.96. The first-order valence-electron chi connectivity index (χ1n) is 6.96. The lowest BCUT2D eigenvalue weighted by Crippen LogP contribution is -2.50. The number of hydrogen-bond acceptors (Lipinski definition) is 3. The van der Waals surface area contributed by atoms with E-state index in [1.165, 1.54) is 4.90 Å². The van der Waals surface area contributed by atoms with Crippen LogP contribution in [0.25, 0.3) is 5.69 Å². The van der Waals surface area contributed by atoms with Gasteiger partial charge in [0, 0.05) is 18.7 Å². The molecule has 0 saturated carbocycles. The molecule has 1 fully saturated rings. The molecule has 1 atom stereocenters.